The van der Waals surface area contributed by atoms with Gasteiger partial charge in [-0.1, -0.05) is 27.2 Å². The standard InChI is InChI=1S/C15H28O2/c1-13(2,3)12-5-9-15(17,10-6-12)14(11-16)7-4-8-14/h12,16-17H,4-11H2,1-3H3. The summed E-state index contributed by atoms with van der Waals surface area (Å²) in [5.41, 5.74) is -0.384. The molecule has 0 spiro atoms. The average Bonchev–Trinajstić information content (AvgIpc) is 2.15. The Bertz CT molecular complexity index is 260. The fraction of sp³-hybridized carbons (Fsp3) is 1.00. The molecule has 0 radical (unpaired) electrons. The highest BCUT2D eigenvalue weighted by Crippen LogP contribution is 2.56. The lowest BCUT2D eigenvalue weighted by Crippen LogP contribution is -2.56. The Kier molecular flexibility index (Phi) is 3.33. The first-order chi connectivity index (χ1) is 7.83. The molecule has 2 nitrogen and oxygen atoms in total. The van der Waals surface area contributed by atoms with E-state index in [9.17, 15) is 10.2 Å². The summed E-state index contributed by atoms with van der Waals surface area (Å²) in [7, 11) is 0. The van der Waals surface area contributed by atoms with Crippen LogP contribution in [0.2, 0.25) is 0 Å². The smallest absolute Gasteiger partial charge is 0.0725 e. The van der Waals surface area contributed by atoms with Crippen molar-refractivity contribution in [3.63, 3.8) is 0 Å². The minimum absolute atomic E-state index is 0.157. The third kappa shape index (κ3) is 2.15. The number of aliphatic hydroxyl groups is 2. The minimum atomic E-state index is -0.582. The maximum atomic E-state index is 10.9. The molecular weight excluding hydrogens is 212 g/mol. The molecule has 0 saturated heterocycles. The molecule has 2 saturated carbocycles. The van der Waals surface area contributed by atoms with Gasteiger partial charge in [-0.05, 0) is 49.9 Å². The molecule has 2 rings (SSSR count). The van der Waals surface area contributed by atoms with Gasteiger partial charge in [0.05, 0.1) is 12.2 Å². The summed E-state index contributed by atoms with van der Waals surface area (Å²) in [6.07, 6.45) is 7.19. The molecule has 0 atom stereocenters. The lowest BCUT2D eigenvalue weighted by molar-refractivity contribution is -0.176. The molecule has 0 unspecified atom stereocenters. The molecule has 0 aromatic carbocycles. The van der Waals surface area contributed by atoms with Gasteiger partial charge in [0.2, 0.25) is 0 Å². The molecule has 0 aliphatic heterocycles. The van der Waals surface area contributed by atoms with Crippen LogP contribution in [0.3, 0.4) is 0 Å². The fourth-order valence-electron chi connectivity index (χ4n) is 3.87. The van der Waals surface area contributed by atoms with E-state index in [-0.39, 0.29) is 12.0 Å². The maximum absolute atomic E-state index is 10.9. The molecule has 0 amide bonds. The molecule has 2 heteroatoms. The molecule has 2 aliphatic carbocycles. The highest BCUT2D eigenvalue weighted by Gasteiger charge is 2.54. The van der Waals surface area contributed by atoms with Gasteiger partial charge in [-0.3, -0.25) is 0 Å². The van der Waals surface area contributed by atoms with Crippen LogP contribution in [0, 0.1) is 16.7 Å². The second-order valence-corrected chi connectivity index (χ2v) is 7.46. The number of hydrogen-bond donors (Lipinski definition) is 2. The SMILES string of the molecule is CC(C)(C)C1CCC(O)(C2(CO)CCC2)CC1. The summed E-state index contributed by atoms with van der Waals surface area (Å²) in [5, 5.41) is 20.5. The van der Waals surface area contributed by atoms with Crippen LogP contribution in [-0.2, 0) is 0 Å². The minimum Gasteiger partial charge on any atom is -0.396 e. The van der Waals surface area contributed by atoms with E-state index in [2.05, 4.69) is 20.8 Å². The Morgan fingerprint density at radius 2 is 1.59 bits per heavy atom. The van der Waals surface area contributed by atoms with Crippen LogP contribution in [0.5, 0.6) is 0 Å². The van der Waals surface area contributed by atoms with Crippen molar-refractivity contribution in [3.05, 3.63) is 0 Å². The first-order valence-electron chi connectivity index (χ1n) is 7.16. The zero-order valence-corrected chi connectivity index (χ0v) is 11.6. The van der Waals surface area contributed by atoms with Crippen molar-refractivity contribution in [2.45, 2.75) is 71.3 Å². The van der Waals surface area contributed by atoms with Gasteiger partial charge in [-0.15, -0.1) is 0 Å². The van der Waals surface area contributed by atoms with Crippen LogP contribution < -0.4 is 0 Å². The summed E-state index contributed by atoms with van der Waals surface area (Å²) in [5.74, 6) is 0.721. The van der Waals surface area contributed by atoms with Gasteiger partial charge in [-0.2, -0.15) is 0 Å². The summed E-state index contributed by atoms with van der Waals surface area (Å²) in [4.78, 5) is 0. The zero-order valence-electron chi connectivity index (χ0n) is 11.6. The molecule has 0 aromatic rings. The van der Waals surface area contributed by atoms with E-state index in [1.807, 2.05) is 0 Å². The molecular formula is C15H28O2. The van der Waals surface area contributed by atoms with Gasteiger partial charge in [0.1, 0.15) is 0 Å². The van der Waals surface area contributed by atoms with Crippen LogP contribution in [0.25, 0.3) is 0 Å². The van der Waals surface area contributed by atoms with Crippen LogP contribution in [0.1, 0.15) is 65.7 Å². The predicted molar refractivity (Wildman–Crippen MR) is 69.7 cm³/mol. The van der Waals surface area contributed by atoms with E-state index in [1.54, 1.807) is 0 Å². The van der Waals surface area contributed by atoms with Crippen molar-refractivity contribution in [2.75, 3.05) is 6.61 Å². The number of rotatable bonds is 2. The quantitative estimate of drug-likeness (QED) is 0.778. The van der Waals surface area contributed by atoms with Crippen LogP contribution >= 0.6 is 0 Å². The Morgan fingerprint density at radius 3 is 1.88 bits per heavy atom. The molecule has 2 N–H and O–H groups in total. The van der Waals surface area contributed by atoms with E-state index >= 15 is 0 Å². The van der Waals surface area contributed by atoms with Crippen molar-refractivity contribution < 1.29 is 10.2 Å². The van der Waals surface area contributed by atoms with Crippen molar-refractivity contribution in [1.29, 1.82) is 0 Å². The van der Waals surface area contributed by atoms with Crippen molar-refractivity contribution in [1.82, 2.24) is 0 Å². The Morgan fingerprint density at radius 1 is 1.06 bits per heavy atom. The van der Waals surface area contributed by atoms with E-state index < -0.39 is 5.60 Å². The van der Waals surface area contributed by atoms with Crippen molar-refractivity contribution >= 4 is 0 Å². The fourth-order valence-corrected chi connectivity index (χ4v) is 3.87. The lowest BCUT2D eigenvalue weighted by Gasteiger charge is -2.55. The molecule has 0 heterocycles. The van der Waals surface area contributed by atoms with Crippen LogP contribution in [0.15, 0.2) is 0 Å². The summed E-state index contributed by atoms with van der Waals surface area (Å²) < 4.78 is 0. The second-order valence-electron chi connectivity index (χ2n) is 7.46. The Labute approximate surface area is 105 Å². The molecule has 0 bridgehead atoms. The lowest BCUT2D eigenvalue weighted by atomic mass is 9.53. The normalized spacial score (nSPS) is 37.6. The predicted octanol–water partition coefficient (Wildman–Crippen LogP) is 3.12. The summed E-state index contributed by atoms with van der Waals surface area (Å²) in [6.45, 7) is 7.07. The average molecular weight is 240 g/mol. The van der Waals surface area contributed by atoms with E-state index in [4.69, 9.17) is 0 Å². The van der Waals surface area contributed by atoms with E-state index in [0.29, 0.717) is 5.41 Å². The summed E-state index contributed by atoms with van der Waals surface area (Å²) in [6, 6.07) is 0. The zero-order chi connectivity index (χ0) is 12.7. The third-order valence-electron chi connectivity index (χ3n) is 5.64. The van der Waals surface area contributed by atoms with Crippen molar-refractivity contribution in [3.8, 4) is 0 Å². The van der Waals surface area contributed by atoms with Gasteiger partial charge < -0.3 is 10.2 Å². The monoisotopic (exact) mass is 240 g/mol. The largest absolute Gasteiger partial charge is 0.396 e. The molecule has 2 aliphatic rings. The first-order valence-corrected chi connectivity index (χ1v) is 7.16. The number of hydrogen-bond acceptors (Lipinski definition) is 2. The highest BCUT2D eigenvalue weighted by molar-refractivity contribution is 5.05. The van der Waals surface area contributed by atoms with Crippen molar-refractivity contribution in [2.24, 2.45) is 16.7 Å². The molecule has 2 fully saturated rings. The van der Waals surface area contributed by atoms with E-state index in [0.717, 1.165) is 44.4 Å². The van der Waals surface area contributed by atoms with Gasteiger partial charge in [0.25, 0.3) is 0 Å². The van der Waals surface area contributed by atoms with Gasteiger partial charge in [0, 0.05) is 5.41 Å². The first kappa shape index (κ1) is 13.4. The number of aliphatic hydroxyl groups excluding tert-OH is 1. The molecule has 100 valence electrons. The molecule has 17 heavy (non-hydrogen) atoms. The second kappa shape index (κ2) is 4.24. The van der Waals surface area contributed by atoms with Crippen LogP contribution in [0.4, 0.5) is 0 Å². The summed E-state index contributed by atoms with van der Waals surface area (Å²) >= 11 is 0. The third-order valence-corrected chi connectivity index (χ3v) is 5.64. The topological polar surface area (TPSA) is 40.5 Å². The molecule has 0 aromatic heterocycles. The maximum Gasteiger partial charge on any atom is 0.0725 e. The van der Waals surface area contributed by atoms with Gasteiger partial charge in [-0.25, -0.2) is 0 Å². The Balaban J connectivity index is 2.02. The van der Waals surface area contributed by atoms with Gasteiger partial charge >= 0.3 is 0 Å². The van der Waals surface area contributed by atoms with Crippen LogP contribution in [-0.4, -0.2) is 22.4 Å². The van der Waals surface area contributed by atoms with E-state index in [1.165, 1.54) is 6.42 Å². The Hall–Kier alpha value is -0.0800. The highest BCUT2D eigenvalue weighted by atomic mass is 16.3. The van der Waals surface area contributed by atoms with Gasteiger partial charge in [0.15, 0.2) is 0 Å².